The van der Waals surface area contributed by atoms with Gasteiger partial charge >= 0.3 is 0 Å². The Hall–Kier alpha value is -1.26. The molecule has 2 N–H and O–H groups in total. The largest absolute Gasteiger partial charge is 0.347 e. The van der Waals surface area contributed by atoms with E-state index >= 15 is 0 Å². The van der Waals surface area contributed by atoms with E-state index in [1.807, 2.05) is 0 Å². The van der Waals surface area contributed by atoms with Crippen LogP contribution >= 0.6 is 23.2 Å². The second kappa shape index (κ2) is 6.61. The average Bonchev–Trinajstić information content (AvgIpc) is 2.30. The number of rotatable bonds is 4. The Morgan fingerprint density at radius 3 is 2.44 bits per heavy atom. The Balaban J connectivity index is 2.49. The fourth-order valence-corrected chi connectivity index (χ4v) is 1.45. The van der Waals surface area contributed by atoms with Crippen LogP contribution in [0.25, 0.3) is 0 Å². The molecule has 0 saturated heterocycles. The highest BCUT2D eigenvalue weighted by Crippen LogP contribution is 2.24. The highest BCUT2D eigenvalue weighted by Gasteiger charge is 2.09. The SMILES string of the molecule is CC(C)C(=O)NCC(=O)Nc1ccc(Cl)c(Cl)c1. The Kier molecular flexibility index (Phi) is 5.44. The number of hydrogen-bond acceptors (Lipinski definition) is 2. The Morgan fingerprint density at radius 2 is 1.89 bits per heavy atom. The van der Waals surface area contributed by atoms with Gasteiger partial charge in [-0.15, -0.1) is 0 Å². The van der Waals surface area contributed by atoms with Crippen molar-refractivity contribution in [2.75, 3.05) is 11.9 Å². The highest BCUT2D eigenvalue weighted by atomic mass is 35.5. The van der Waals surface area contributed by atoms with E-state index in [-0.39, 0.29) is 24.3 Å². The number of hydrogen-bond donors (Lipinski definition) is 2. The molecule has 0 heterocycles. The average molecular weight is 289 g/mol. The zero-order valence-electron chi connectivity index (χ0n) is 10.1. The van der Waals surface area contributed by atoms with Gasteiger partial charge in [-0.1, -0.05) is 37.0 Å². The Bertz CT molecular complexity index is 461. The molecule has 0 aliphatic rings. The first-order valence-electron chi connectivity index (χ1n) is 5.42. The normalized spacial score (nSPS) is 10.3. The van der Waals surface area contributed by atoms with Gasteiger partial charge in [-0.05, 0) is 18.2 Å². The van der Waals surface area contributed by atoms with Gasteiger partial charge in [-0.2, -0.15) is 0 Å². The molecular formula is C12H14Cl2N2O2. The minimum absolute atomic E-state index is 0.0722. The van der Waals surface area contributed by atoms with Crippen LogP contribution in [0.5, 0.6) is 0 Å². The number of nitrogens with one attached hydrogen (secondary N) is 2. The lowest BCUT2D eigenvalue weighted by Gasteiger charge is -2.09. The molecule has 0 radical (unpaired) electrons. The van der Waals surface area contributed by atoms with Gasteiger partial charge in [0.05, 0.1) is 16.6 Å². The molecule has 0 atom stereocenters. The summed E-state index contributed by atoms with van der Waals surface area (Å²) in [6, 6.07) is 4.77. The molecule has 2 amide bonds. The van der Waals surface area contributed by atoms with Crippen molar-refractivity contribution in [2.45, 2.75) is 13.8 Å². The van der Waals surface area contributed by atoms with Crippen LogP contribution in [0.2, 0.25) is 10.0 Å². The molecule has 1 aromatic carbocycles. The second-order valence-electron chi connectivity index (χ2n) is 4.05. The minimum Gasteiger partial charge on any atom is -0.347 e. The van der Waals surface area contributed by atoms with Crippen LogP contribution in [0.3, 0.4) is 0 Å². The minimum atomic E-state index is -0.317. The standard InChI is InChI=1S/C12H14Cl2N2O2/c1-7(2)12(18)15-6-11(17)16-8-3-4-9(13)10(14)5-8/h3-5,7H,6H2,1-2H3,(H,15,18)(H,16,17). The van der Waals surface area contributed by atoms with Gasteiger partial charge in [-0.25, -0.2) is 0 Å². The lowest BCUT2D eigenvalue weighted by atomic mass is 10.2. The topological polar surface area (TPSA) is 58.2 Å². The molecule has 0 bridgehead atoms. The fourth-order valence-electron chi connectivity index (χ4n) is 1.15. The summed E-state index contributed by atoms with van der Waals surface area (Å²) in [6.45, 7) is 3.44. The van der Waals surface area contributed by atoms with E-state index in [1.54, 1.807) is 32.0 Å². The van der Waals surface area contributed by atoms with Crippen molar-refractivity contribution >= 4 is 40.7 Å². The van der Waals surface area contributed by atoms with Gasteiger partial charge in [0.15, 0.2) is 0 Å². The summed E-state index contributed by atoms with van der Waals surface area (Å²) in [5.74, 6) is -0.635. The van der Waals surface area contributed by atoms with Crippen LogP contribution in [0.4, 0.5) is 5.69 Å². The van der Waals surface area contributed by atoms with Crippen molar-refractivity contribution in [1.29, 1.82) is 0 Å². The quantitative estimate of drug-likeness (QED) is 0.895. The fraction of sp³-hybridized carbons (Fsp3) is 0.333. The van der Waals surface area contributed by atoms with Crippen LogP contribution in [0.1, 0.15) is 13.8 Å². The van der Waals surface area contributed by atoms with Crippen LogP contribution < -0.4 is 10.6 Å². The summed E-state index contributed by atoms with van der Waals surface area (Å²) in [5.41, 5.74) is 0.535. The Labute approximate surface area is 116 Å². The van der Waals surface area contributed by atoms with Crippen molar-refractivity contribution < 1.29 is 9.59 Å². The van der Waals surface area contributed by atoms with Gasteiger partial charge < -0.3 is 10.6 Å². The predicted octanol–water partition coefficient (Wildman–Crippen LogP) is 2.70. The molecule has 1 rings (SSSR count). The van der Waals surface area contributed by atoms with Gasteiger partial charge in [-0.3, -0.25) is 9.59 Å². The maximum atomic E-state index is 11.5. The van der Waals surface area contributed by atoms with E-state index in [9.17, 15) is 9.59 Å². The zero-order valence-corrected chi connectivity index (χ0v) is 11.6. The van der Waals surface area contributed by atoms with Gasteiger partial charge in [0, 0.05) is 11.6 Å². The first kappa shape index (κ1) is 14.8. The molecule has 0 unspecified atom stereocenters. The van der Waals surface area contributed by atoms with E-state index in [2.05, 4.69) is 10.6 Å². The van der Waals surface area contributed by atoms with Gasteiger partial charge in [0.1, 0.15) is 0 Å². The summed E-state index contributed by atoms with van der Waals surface area (Å²) in [7, 11) is 0. The van der Waals surface area contributed by atoms with Gasteiger partial charge in [0.25, 0.3) is 0 Å². The van der Waals surface area contributed by atoms with E-state index in [1.165, 1.54) is 0 Å². The number of carbonyl (C=O) groups excluding carboxylic acids is 2. The molecule has 0 saturated carbocycles. The third kappa shape index (κ3) is 4.55. The molecule has 1 aromatic rings. The molecule has 0 fully saturated rings. The molecule has 0 aromatic heterocycles. The highest BCUT2D eigenvalue weighted by molar-refractivity contribution is 6.42. The van der Waals surface area contributed by atoms with Crippen LogP contribution in [0.15, 0.2) is 18.2 Å². The van der Waals surface area contributed by atoms with Crippen LogP contribution in [-0.2, 0) is 9.59 Å². The summed E-state index contributed by atoms with van der Waals surface area (Å²) in [6.07, 6.45) is 0. The lowest BCUT2D eigenvalue weighted by Crippen LogP contribution is -2.35. The van der Waals surface area contributed by atoms with Gasteiger partial charge in [0.2, 0.25) is 11.8 Å². The Morgan fingerprint density at radius 1 is 1.22 bits per heavy atom. The smallest absolute Gasteiger partial charge is 0.243 e. The summed E-state index contributed by atoms with van der Waals surface area (Å²) in [5, 5.41) is 5.91. The molecule has 98 valence electrons. The lowest BCUT2D eigenvalue weighted by molar-refractivity contribution is -0.126. The molecular weight excluding hydrogens is 275 g/mol. The third-order valence-corrected chi connectivity index (χ3v) is 2.89. The van der Waals surface area contributed by atoms with E-state index < -0.39 is 0 Å². The molecule has 4 nitrogen and oxygen atoms in total. The number of carbonyl (C=O) groups is 2. The van der Waals surface area contributed by atoms with E-state index in [0.29, 0.717) is 15.7 Å². The van der Waals surface area contributed by atoms with Crippen molar-refractivity contribution in [3.63, 3.8) is 0 Å². The maximum Gasteiger partial charge on any atom is 0.243 e. The first-order valence-corrected chi connectivity index (χ1v) is 6.18. The van der Waals surface area contributed by atoms with Crippen molar-refractivity contribution in [3.05, 3.63) is 28.2 Å². The van der Waals surface area contributed by atoms with Crippen LogP contribution in [-0.4, -0.2) is 18.4 Å². The molecule has 0 spiro atoms. The number of amides is 2. The van der Waals surface area contributed by atoms with Crippen LogP contribution in [0, 0.1) is 5.92 Å². The van der Waals surface area contributed by atoms with Crippen molar-refractivity contribution in [1.82, 2.24) is 5.32 Å². The van der Waals surface area contributed by atoms with Crippen molar-refractivity contribution in [3.8, 4) is 0 Å². The number of anilines is 1. The predicted molar refractivity (Wildman–Crippen MR) is 72.9 cm³/mol. The van der Waals surface area contributed by atoms with E-state index in [4.69, 9.17) is 23.2 Å². The second-order valence-corrected chi connectivity index (χ2v) is 4.86. The molecule has 6 heteroatoms. The summed E-state index contributed by atoms with van der Waals surface area (Å²) in [4.78, 5) is 22.8. The zero-order chi connectivity index (χ0) is 13.7. The monoisotopic (exact) mass is 288 g/mol. The maximum absolute atomic E-state index is 11.5. The van der Waals surface area contributed by atoms with Crippen molar-refractivity contribution in [2.24, 2.45) is 5.92 Å². The summed E-state index contributed by atoms with van der Waals surface area (Å²) >= 11 is 11.6. The molecule has 18 heavy (non-hydrogen) atoms. The molecule has 0 aliphatic heterocycles. The number of benzene rings is 1. The summed E-state index contributed by atoms with van der Waals surface area (Å²) < 4.78 is 0. The third-order valence-electron chi connectivity index (χ3n) is 2.15. The molecule has 0 aliphatic carbocycles. The first-order chi connectivity index (χ1) is 8.40. The number of halogens is 2. The van der Waals surface area contributed by atoms with E-state index in [0.717, 1.165) is 0 Å².